The summed E-state index contributed by atoms with van der Waals surface area (Å²) < 4.78 is 5.25. The summed E-state index contributed by atoms with van der Waals surface area (Å²) in [5.74, 6) is -0.218. The van der Waals surface area contributed by atoms with Gasteiger partial charge in [0.1, 0.15) is 11.2 Å². The van der Waals surface area contributed by atoms with Crippen molar-refractivity contribution in [2.24, 2.45) is 0 Å². The summed E-state index contributed by atoms with van der Waals surface area (Å²) in [5.41, 5.74) is 0. The SMILES string of the molecule is CNC(=O)NC(=O)COc1ncnc2sccc12. The van der Waals surface area contributed by atoms with E-state index in [0.29, 0.717) is 5.88 Å². The molecule has 0 aliphatic carbocycles. The molecule has 2 heterocycles. The van der Waals surface area contributed by atoms with Gasteiger partial charge in [-0.2, -0.15) is 0 Å². The first-order valence-corrected chi connectivity index (χ1v) is 5.91. The first kappa shape index (κ1) is 12.2. The number of nitrogens with zero attached hydrogens (tertiary/aromatic N) is 2. The van der Waals surface area contributed by atoms with Gasteiger partial charge in [0.05, 0.1) is 5.39 Å². The molecule has 0 aliphatic heterocycles. The number of rotatable bonds is 3. The molecule has 0 aliphatic rings. The van der Waals surface area contributed by atoms with Gasteiger partial charge in [-0.15, -0.1) is 11.3 Å². The average molecular weight is 266 g/mol. The van der Waals surface area contributed by atoms with E-state index in [4.69, 9.17) is 4.74 Å². The summed E-state index contributed by atoms with van der Waals surface area (Å²) in [6.45, 7) is -0.282. The highest BCUT2D eigenvalue weighted by atomic mass is 32.1. The van der Waals surface area contributed by atoms with Crippen LogP contribution in [0.15, 0.2) is 17.8 Å². The van der Waals surface area contributed by atoms with Gasteiger partial charge < -0.3 is 10.1 Å². The molecule has 0 unspecified atom stereocenters. The first-order valence-electron chi connectivity index (χ1n) is 5.03. The van der Waals surface area contributed by atoms with Crippen LogP contribution in [0.1, 0.15) is 0 Å². The normalized spacial score (nSPS) is 10.1. The number of hydrogen-bond donors (Lipinski definition) is 2. The van der Waals surface area contributed by atoms with Gasteiger partial charge in [-0.1, -0.05) is 0 Å². The molecule has 0 radical (unpaired) electrons. The summed E-state index contributed by atoms with van der Waals surface area (Å²) in [4.78, 5) is 31.0. The smallest absolute Gasteiger partial charge is 0.321 e. The lowest BCUT2D eigenvalue weighted by molar-refractivity contribution is -0.122. The van der Waals surface area contributed by atoms with E-state index in [1.165, 1.54) is 24.7 Å². The van der Waals surface area contributed by atoms with Crippen molar-refractivity contribution in [1.29, 1.82) is 0 Å². The Morgan fingerprint density at radius 3 is 3.06 bits per heavy atom. The highest BCUT2D eigenvalue weighted by Crippen LogP contribution is 2.25. The quantitative estimate of drug-likeness (QED) is 0.845. The van der Waals surface area contributed by atoms with Crippen LogP contribution < -0.4 is 15.4 Å². The third-order valence-corrected chi connectivity index (χ3v) is 2.87. The van der Waals surface area contributed by atoms with Crippen molar-refractivity contribution in [3.63, 3.8) is 0 Å². The molecule has 0 aromatic carbocycles. The van der Waals surface area contributed by atoms with E-state index in [1.54, 1.807) is 0 Å². The molecule has 8 heteroatoms. The van der Waals surface area contributed by atoms with E-state index < -0.39 is 11.9 Å². The number of aromatic nitrogens is 2. The minimum Gasteiger partial charge on any atom is -0.467 e. The van der Waals surface area contributed by atoms with E-state index in [-0.39, 0.29) is 6.61 Å². The van der Waals surface area contributed by atoms with E-state index in [9.17, 15) is 9.59 Å². The maximum Gasteiger partial charge on any atom is 0.321 e. The largest absolute Gasteiger partial charge is 0.467 e. The molecule has 0 saturated heterocycles. The van der Waals surface area contributed by atoms with Crippen LogP contribution in [0.5, 0.6) is 5.88 Å². The highest BCUT2D eigenvalue weighted by molar-refractivity contribution is 7.16. The first-order chi connectivity index (χ1) is 8.70. The van der Waals surface area contributed by atoms with Gasteiger partial charge in [0, 0.05) is 7.05 Å². The van der Waals surface area contributed by atoms with Gasteiger partial charge in [-0.05, 0) is 11.4 Å². The summed E-state index contributed by atoms with van der Waals surface area (Å²) in [5, 5.41) is 6.96. The Kier molecular flexibility index (Phi) is 3.68. The second kappa shape index (κ2) is 5.41. The molecule has 2 N–H and O–H groups in total. The Morgan fingerprint density at radius 1 is 1.44 bits per heavy atom. The molecule has 0 bridgehead atoms. The van der Waals surface area contributed by atoms with Gasteiger partial charge in [0.2, 0.25) is 5.88 Å². The Hall–Kier alpha value is -2.22. The fraction of sp³-hybridized carbons (Fsp3) is 0.200. The van der Waals surface area contributed by atoms with Crippen molar-refractivity contribution in [2.45, 2.75) is 0 Å². The summed E-state index contributed by atoms with van der Waals surface area (Å²) in [7, 11) is 1.42. The van der Waals surface area contributed by atoms with Gasteiger partial charge in [0.25, 0.3) is 5.91 Å². The molecule has 2 aromatic rings. The van der Waals surface area contributed by atoms with Crippen LogP contribution in [0, 0.1) is 0 Å². The number of carbonyl (C=O) groups excluding carboxylic acids is 2. The van der Waals surface area contributed by atoms with Crippen molar-refractivity contribution in [1.82, 2.24) is 20.6 Å². The van der Waals surface area contributed by atoms with Gasteiger partial charge in [-0.25, -0.2) is 14.8 Å². The Bertz CT molecular complexity index is 583. The predicted molar refractivity (Wildman–Crippen MR) is 65.5 cm³/mol. The molecule has 3 amide bonds. The number of amides is 3. The number of ether oxygens (including phenoxy) is 1. The van der Waals surface area contributed by atoms with E-state index in [1.807, 2.05) is 11.4 Å². The summed E-state index contributed by atoms with van der Waals surface area (Å²) in [6.07, 6.45) is 1.37. The average Bonchev–Trinajstić information content (AvgIpc) is 2.84. The third kappa shape index (κ3) is 2.72. The number of urea groups is 1. The van der Waals surface area contributed by atoms with Crippen LogP contribution >= 0.6 is 11.3 Å². The number of thiophene rings is 1. The second-order valence-corrected chi connectivity index (χ2v) is 4.13. The lowest BCUT2D eigenvalue weighted by Gasteiger charge is -2.05. The molecule has 7 nitrogen and oxygen atoms in total. The Balaban J connectivity index is 2.00. The third-order valence-electron chi connectivity index (χ3n) is 2.05. The fourth-order valence-corrected chi connectivity index (χ4v) is 1.96. The summed E-state index contributed by atoms with van der Waals surface area (Å²) in [6, 6.07) is 1.23. The van der Waals surface area contributed by atoms with Gasteiger partial charge >= 0.3 is 6.03 Å². The van der Waals surface area contributed by atoms with Crippen molar-refractivity contribution in [3.8, 4) is 5.88 Å². The number of nitrogens with one attached hydrogen (secondary N) is 2. The maximum absolute atomic E-state index is 11.3. The number of carbonyl (C=O) groups is 2. The molecular formula is C10H10N4O3S. The van der Waals surface area contributed by atoms with Crippen LogP contribution in [0.3, 0.4) is 0 Å². The van der Waals surface area contributed by atoms with Gasteiger partial charge in [-0.3, -0.25) is 10.1 Å². The number of fused-ring (bicyclic) bond motifs is 1. The number of imide groups is 1. The second-order valence-electron chi connectivity index (χ2n) is 3.23. The highest BCUT2D eigenvalue weighted by Gasteiger charge is 2.10. The molecular weight excluding hydrogens is 256 g/mol. The van der Waals surface area contributed by atoms with Crippen molar-refractivity contribution in [2.75, 3.05) is 13.7 Å². The minimum absolute atomic E-state index is 0.282. The van der Waals surface area contributed by atoms with Crippen LogP contribution in [0.25, 0.3) is 10.2 Å². The standard InChI is InChI=1S/C10H10N4O3S/c1-11-10(16)14-7(15)4-17-8-6-2-3-18-9(6)13-5-12-8/h2-3,5H,4H2,1H3,(H2,11,14,15,16). The molecule has 94 valence electrons. The Morgan fingerprint density at radius 2 is 2.28 bits per heavy atom. The zero-order chi connectivity index (χ0) is 13.0. The van der Waals surface area contributed by atoms with Gasteiger partial charge in [0.15, 0.2) is 6.61 Å². The molecule has 0 atom stereocenters. The lowest BCUT2D eigenvalue weighted by atomic mass is 10.4. The van der Waals surface area contributed by atoms with Crippen LogP contribution in [0.2, 0.25) is 0 Å². The molecule has 18 heavy (non-hydrogen) atoms. The topological polar surface area (TPSA) is 93.2 Å². The van der Waals surface area contributed by atoms with Crippen LogP contribution in [-0.2, 0) is 4.79 Å². The zero-order valence-corrected chi connectivity index (χ0v) is 10.3. The van der Waals surface area contributed by atoms with Crippen molar-refractivity contribution in [3.05, 3.63) is 17.8 Å². The monoisotopic (exact) mass is 266 g/mol. The lowest BCUT2D eigenvalue weighted by Crippen LogP contribution is -2.40. The molecule has 0 spiro atoms. The maximum atomic E-state index is 11.3. The van der Waals surface area contributed by atoms with E-state index in [0.717, 1.165) is 10.2 Å². The molecule has 0 saturated carbocycles. The minimum atomic E-state index is -0.577. The molecule has 0 fully saturated rings. The van der Waals surface area contributed by atoms with Crippen molar-refractivity contribution < 1.29 is 14.3 Å². The molecule has 2 rings (SSSR count). The number of hydrogen-bond acceptors (Lipinski definition) is 6. The zero-order valence-electron chi connectivity index (χ0n) is 9.47. The molecule has 2 aromatic heterocycles. The van der Waals surface area contributed by atoms with E-state index >= 15 is 0 Å². The fourth-order valence-electron chi connectivity index (χ4n) is 1.24. The van der Waals surface area contributed by atoms with Crippen LogP contribution in [-0.4, -0.2) is 35.6 Å². The van der Waals surface area contributed by atoms with Crippen molar-refractivity contribution >= 4 is 33.5 Å². The Labute approximate surface area is 106 Å². The predicted octanol–water partition coefficient (Wildman–Crippen LogP) is 0.526. The van der Waals surface area contributed by atoms with Crippen LogP contribution in [0.4, 0.5) is 4.79 Å². The van der Waals surface area contributed by atoms with E-state index in [2.05, 4.69) is 20.6 Å². The summed E-state index contributed by atoms with van der Waals surface area (Å²) >= 11 is 1.45.